The molecule has 1 atom stereocenters. The van der Waals surface area contributed by atoms with Gasteiger partial charge in [0.25, 0.3) is 0 Å². The molecular formula is C15H14O3. The summed E-state index contributed by atoms with van der Waals surface area (Å²) in [7, 11) is 0. The van der Waals surface area contributed by atoms with Crippen LogP contribution < -0.4 is 4.74 Å². The minimum Gasteiger partial charge on any atom is -0.492 e. The summed E-state index contributed by atoms with van der Waals surface area (Å²) >= 11 is 0. The fourth-order valence-corrected chi connectivity index (χ4v) is 2.43. The summed E-state index contributed by atoms with van der Waals surface area (Å²) in [6.07, 6.45) is 1.92. The second-order valence-corrected chi connectivity index (χ2v) is 4.92. The normalized spacial score (nSPS) is 21.4. The van der Waals surface area contributed by atoms with E-state index in [-0.39, 0.29) is 11.2 Å². The number of carbonyl (C=O) groups excluding carboxylic acids is 1. The van der Waals surface area contributed by atoms with Crippen molar-refractivity contribution in [3.05, 3.63) is 54.0 Å². The molecule has 1 aromatic carbocycles. The van der Waals surface area contributed by atoms with Crippen LogP contribution in [-0.4, -0.2) is 12.4 Å². The maximum absolute atomic E-state index is 12.1. The molecule has 18 heavy (non-hydrogen) atoms. The van der Waals surface area contributed by atoms with Gasteiger partial charge in [-0.15, -0.1) is 0 Å². The van der Waals surface area contributed by atoms with Crippen LogP contribution in [0, 0.1) is 0 Å². The van der Waals surface area contributed by atoms with Crippen LogP contribution in [0.3, 0.4) is 0 Å². The Kier molecular flexibility index (Phi) is 2.47. The summed E-state index contributed by atoms with van der Waals surface area (Å²) in [5.74, 6) is 1.32. The van der Waals surface area contributed by atoms with Crippen molar-refractivity contribution in [1.82, 2.24) is 0 Å². The van der Waals surface area contributed by atoms with Gasteiger partial charge in [0.15, 0.2) is 11.5 Å². The molecule has 1 aliphatic rings. The first-order chi connectivity index (χ1) is 8.69. The number of ketones is 1. The zero-order valence-corrected chi connectivity index (χ0v) is 10.2. The number of para-hydroxylation sites is 1. The Morgan fingerprint density at radius 3 is 2.89 bits per heavy atom. The first-order valence-corrected chi connectivity index (χ1v) is 5.98. The van der Waals surface area contributed by atoms with Crippen molar-refractivity contribution >= 4 is 5.78 Å². The van der Waals surface area contributed by atoms with Crippen molar-refractivity contribution in [2.75, 3.05) is 6.61 Å². The molecule has 1 unspecified atom stereocenters. The van der Waals surface area contributed by atoms with Gasteiger partial charge in [0.1, 0.15) is 5.75 Å². The van der Waals surface area contributed by atoms with E-state index >= 15 is 0 Å². The summed E-state index contributed by atoms with van der Waals surface area (Å²) in [5, 5.41) is 0. The van der Waals surface area contributed by atoms with Gasteiger partial charge in [-0.3, -0.25) is 4.79 Å². The third-order valence-electron chi connectivity index (χ3n) is 3.43. The van der Waals surface area contributed by atoms with Crippen molar-refractivity contribution in [3.63, 3.8) is 0 Å². The van der Waals surface area contributed by atoms with E-state index in [0.29, 0.717) is 18.8 Å². The number of rotatable bonds is 3. The number of hydrogen-bond acceptors (Lipinski definition) is 3. The quantitative estimate of drug-likeness (QED) is 0.776. The molecule has 3 nitrogen and oxygen atoms in total. The molecule has 0 spiro atoms. The van der Waals surface area contributed by atoms with Gasteiger partial charge in [-0.25, -0.2) is 0 Å². The average Bonchev–Trinajstić information content (AvgIpc) is 2.99. The van der Waals surface area contributed by atoms with Crippen LogP contribution >= 0.6 is 0 Å². The molecule has 0 N–H and O–H groups in total. The first-order valence-electron chi connectivity index (χ1n) is 5.98. The SMILES string of the molecule is CC1(CC(=O)c2ccco2)COc2ccccc21. The van der Waals surface area contributed by atoms with Crippen LogP contribution in [0.15, 0.2) is 47.1 Å². The van der Waals surface area contributed by atoms with E-state index in [1.165, 1.54) is 6.26 Å². The van der Waals surface area contributed by atoms with Crippen LogP contribution in [0.4, 0.5) is 0 Å². The van der Waals surface area contributed by atoms with Gasteiger partial charge in [0, 0.05) is 17.4 Å². The smallest absolute Gasteiger partial charge is 0.198 e. The molecule has 0 bridgehead atoms. The number of fused-ring (bicyclic) bond motifs is 1. The lowest BCUT2D eigenvalue weighted by molar-refractivity contribution is 0.0916. The van der Waals surface area contributed by atoms with Gasteiger partial charge in [-0.05, 0) is 18.2 Å². The number of hydrogen-bond donors (Lipinski definition) is 0. The van der Waals surface area contributed by atoms with Crippen LogP contribution in [0.1, 0.15) is 29.5 Å². The Morgan fingerprint density at radius 1 is 1.28 bits per heavy atom. The standard InChI is InChI=1S/C15H14O3/c1-15(9-12(16)14-7-4-8-17-14)10-18-13-6-3-2-5-11(13)15/h2-8H,9-10H2,1H3. The molecule has 1 aromatic heterocycles. The van der Waals surface area contributed by atoms with E-state index in [0.717, 1.165) is 11.3 Å². The van der Waals surface area contributed by atoms with Crippen LogP contribution in [0.5, 0.6) is 5.75 Å². The van der Waals surface area contributed by atoms with E-state index in [1.807, 2.05) is 24.3 Å². The number of benzene rings is 1. The topological polar surface area (TPSA) is 39.4 Å². The van der Waals surface area contributed by atoms with E-state index in [1.54, 1.807) is 12.1 Å². The zero-order chi connectivity index (χ0) is 12.6. The van der Waals surface area contributed by atoms with E-state index < -0.39 is 0 Å². The van der Waals surface area contributed by atoms with Gasteiger partial charge in [-0.1, -0.05) is 25.1 Å². The first kappa shape index (κ1) is 11.1. The molecule has 0 saturated heterocycles. The van der Waals surface area contributed by atoms with Crippen molar-refractivity contribution in [2.45, 2.75) is 18.8 Å². The molecule has 0 amide bonds. The third-order valence-corrected chi connectivity index (χ3v) is 3.43. The van der Waals surface area contributed by atoms with Gasteiger partial charge in [0.05, 0.1) is 12.9 Å². The van der Waals surface area contributed by atoms with E-state index in [4.69, 9.17) is 9.15 Å². The summed E-state index contributed by atoms with van der Waals surface area (Å²) in [6, 6.07) is 11.3. The van der Waals surface area contributed by atoms with Crippen LogP contribution in [0.25, 0.3) is 0 Å². The minimum absolute atomic E-state index is 0.0165. The molecule has 0 fully saturated rings. The molecular weight excluding hydrogens is 228 g/mol. The highest BCUT2D eigenvalue weighted by Gasteiger charge is 2.38. The Labute approximate surface area is 105 Å². The lowest BCUT2D eigenvalue weighted by Gasteiger charge is -2.20. The Hall–Kier alpha value is -2.03. The van der Waals surface area contributed by atoms with E-state index in [2.05, 4.69) is 6.92 Å². The van der Waals surface area contributed by atoms with Gasteiger partial charge < -0.3 is 9.15 Å². The molecule has 3 heteroatoms. The summed E-state index contributed by atoms with van der Waals surface area (Å²) in [5.41, 5.74) is 0.838. The number of carbonyl (C=O) groups is 1. The summed E-state index contributed by atoms with van der Waals surface area (Å²) in [4.78, 5) is 12.1. The lowest BCUT2D eigenvalue weighted by Crippen LogP contribution is -2.27. The molecule has 2 heterocycles. The average molecular weight is 242 g/mol. The van der Waals surface area contributed by atoms with Crippen molar-refractivity contribution in [3.8, 4) is 5.75 Å². The molecule has 92 valence electrons. The van der Waals surface area contributed by atoms with Crippen molar-refractivity contribution in [1.29, 1.82) is 0 Å². The van der Waals surface area contributed by atoms with Crippen molar-refractivity contribution in [2.24, 2.45) is 0 Å². The lowest BCUT2D eigenvalue weighted by atomic mass is 9.80. The largest absolute Gasteiger partial charge is 0.492 e. The minimum atomic E-state index is -0.263. The highest BCUT2D eigenvalue weighted by Crippen LogP contribution is 2.41. The molecule has 0 radical (unpaired) electrons. The highest BCUT2D eigenvalue weighted by atomic mass is 16.5. The molecule has 0 aliphatic carbocycles. The summed E-state index contributed by atoms with van der Waals surface area (Å²) in [6.45, 7) is 2.60. The number of furan rings is 1. The Bertz CT molecular complexity index is 571. The predicted molar refractivity (Wildman–Crippen MR) is 66.9 cm³/mol. The van der Waals surface area contributed by atoms with Gasteiger partial charge >= 0.3 is 0 Å². The van der Waals surface area contributed by atoms with Crippen LogP contribution in [-0.2, 0) is 5.41 Å². The Morgan fingerprint density at radius 2 is 2.11 bits per heavy atom. The molecule has 3 rings (SSSR count). The molecule has 2 aromatic rings. The third kappa shape index (κ3) is 1.72. The number of ether oxygens (including phenoxy) is 1. The maximum atomic E-state index is 12.1. The molecule has 1 aliphatic heterocycles. The second-order valence-electron chi connectivity index (χ2n) is 4.92. The summed E-state index contributed by atoms with van der Waals surface area (Å²) < 4.78 is 10.8. The van der Waals surface area contributed by atoms with Crippen molar-refractivity contribution < 1.29 is 13.9 Å². The monoisotopic (exact) mass is 242 g/mol. The fourth-order valence-electron chi connectivity index (χ4n) is 2.43. The maximum Gasteiger partial charge on any atom is 0.198 e. The highest BCUT2D eigenvalue weighted by molar-refractivity contribution is 5.94. The molecule has 0 saturated carbocycles. The Balaban J connectivity index is 1.87. The number of Topliss-reactive ketones (excluding diaryl/α,β-unsaturated/α-hetero) is 1. The van der Waals surface area contributed by atoms with E-state index in [9.17, 15) is 4.79 Å². The predicted octanol–water partition coefficient (Wildman–Crippen LogP) is 3.20. The van der Waals surface area contributed by atoms with Crippen LogP contribution in [0.2, 0.25) is 0 Å². The van der Waals surface area contributed by atoms with Gasteiger partial charge in [0.2, 0.25) is 0 Å². The fraction of sp³-hybridized carbons (Fsp3) is 0.267. The second kappa shape index (κ2) is 4.02. The zero-order valence-electron chi connectivity index (χ0n) is 10.2. The van der Waals surface area contributed by atoms with Gasteiger partial charge in [-0.2, -0.15) is 0 Å².